The van der Waals surface area contributed by atoms with Crippen molar-refractivity contribution < 1.29 is 4.74 Å². The van der Waals surface area contributed by atoms with Crippen LogP contribution in [0.4, 0.5) is 5.69 Å². The van der Waals surface area contributed by atoms with Gasteiger partial charge in [0.25, 0.3) is 0 Å². The van der Waals surface area contributed by atoms with Crippen LogP contribution in [-0.4, -0.2) is 33.6 Å². The molecule has 0 radical (unpaired) electrons. The van der Waals surface area contributed by atoms with Gasteiger partial charge in [0, 0.05) is 60.6 Å². The van der Waals surface area contributed by atoms with Crippen LogP contribution in [0, 0.1) is 5.41 Å². The van der Waals surface area contributed by atoms with Gasteiger partial charge in [0.15, 0.2) is 0 Å². The molecule has 28 heavy (non-hydrogen) atoms. The van der Waals surface area contributed by atoms with Gasteiger partial charge >= 0.3 is 0 Å². The molecule has 1 aliphatic heterocycles. The fraction of sp³-hybridized carbons (Fsp3) is 0.304. The first-order valence-electron chi connectivity index (χ1n) is 9.88. The van der Waals surface area contributed by atoms with E-state index in [-0.39, 0.29) is 0 Å². The summed E-state index contributed by atoms with van der Waals surface area (Å²) in [5, 5.41) is 2.46. The molecule has 4 heterocycles. The molecule has 0 amide bonds. The van der Waals surface area contributed by atoms with Crippen LogP contribution in [0.25, 0.3) is 16.4 Å². The second-order valence-electron chi connectivity index (χ2n) is 8.33. The Kier molecular flexibility index (Phi) is 3.47. The lowest BCUT2D eigenvalue weighted by molar-refractivity contribution is -0.0996. The molecule has 0 N–H and O–H groups in total. The number of hydrogen-bond acceptors (Lipinski definition) is 4. The lowest BCUT2D eigenvalue weighted by Crippen LogP contribution is -2.64. The van der Waals surface area contributed by atoms with E-state index in [4.69, 9.17) is 4.74 Å². The minimum absolute atomic E-state index is 0.390. The Morgan fingerprint density at radius 2 is 1.93 bits per heavy atom. The Balaban J connectivity index is 1.04. The van der Waals surface area contributed by atoms with Crippen LogP contribution >= 0.6 is 0 Å². The Labute approximate surface area is 163 Å². The van der Waals surface area contributed by atoms with Crippen LogP contribution in [0.15, 0.2) is 67.4 Å². The third-order valence-electron chi connectivity index (χ3n) is 6.31. The molecule has 1 aliphatic carbocycles. The first-order chi connectivity index (χ1) is 13.8. The summed E-state index contributed by atoms with van der Waals surface area (Å²) in [6.07, 6.45) is 12.4. The van der Waals surface area contributed by atoms with E-state index in [2.05, 4.69) is 51.3 Å². The number of pyridine rings is 2. The van der Waals surface area contributed by atoms with E-state index in [0.29, 0.717) is 18.1 Å². The van der Waals surface area contributed by atoms with Crippen molar-refractivity contribution in [3.63, 3.8) is 0 Å². The average Bonchev–Trinajstić information content (AvgIpc) is 3.13. The van der Waals surface area contributed by atoms with Crippen LogP contribution in [0.1, 0.15) is 18.4 Å². The third-order valence-corrected chi connectivity index (χ3v) is 6.31. The topological polar surface area (TPSA) is 42.7 Å². The highest BCUT2D eigenvalue weighted by Gasteiger charge is 2.52. The van der Waals surface area contributed by atoms with E-state index in [9.17, 15) is 0 Å². The number of nitrogens with zero attached hydrogens (tertiary/aromatic N) is 4. The summed E-state index contributed by atoms with van der Waals surface area (Å²) < 4.78 is 8.18. The minimum Gasteiger partial charge on any atom is -0.373 e. The number of ether oxygens (including phenoxy) is 1. The summed E-state index contributed by atoms with van der Waals surface area (Å²) >= 11 is 0. The van der Waals surface area contributed by atoms with Crippen LogP contribution in [-0.2, 0) is 11.3 Å². The zero-order chi connectivity index (χ0) is 18.6. The summed E-state index contributed by atoms with van der Waals surface area (Å²) in [6, 6.07) is 13.0. The normalized spacial score (nSPS) is 18.5. The van der Waals surface area contributed by atoms with Gasteiger partial charge in [0.05, 0.1) is 12.7 Å². The maximum Gasteiger partial charge on any atom is 0.136 e. The molecule has 2 fully saturated rings. The Morgan fingerprint density at radius 1 is 1.00 bits per heavy atom. The largest absolute Gasteiger partial charge is 0.373 e. The molecule has 5 nitrogen and oxygen atoms in total. The summed E-state index contributed by atoms with van der Waals surface area (Å²) in [7, 11) is 0. The average molecular weight is 370 g/mol. The third kappa shape index (κ3) is 2.66. The van der Waals surface area contributed by atoms with Crippen LogP contribution in [0.5, 0.6) is 0 Å². The number of rotatable bonds is 4. The smallest absolute Gasteiger partial charge is 0.136 e. The van der Waals surface area contributed by atoms with Crippen molar-refractivity contribution in [3.05, 3.63) is 72.9 Å². The second kappa shape index (κ2) is 6.04. The maximum atomic E-state index is 6.16. The highest BCUT2D eigenvalue weighted by Crippen LogP contribution is 2.51. The lowest BCUT2D eigenvalue weighted by atomic mass is 9.61. The fourth-order valence-electron chi connectivity index (χ4n) is 4.75. The predicted molar refractivity (Wildman–Crippen MR) is 109 cm³/mol. The Bertz CT molecular complexity index is 1150. The second-order valence-corrected chi connectivity index (χ2v) is 8.33. The molecule has 4 aromatic rings. The van der Waals surface area contributed by atoms with E-state index in [1.54, 1.807) is 0 Å². The van der Waals surface area contributed by atoms with E-state index >= 15 is 0 Å². The molecule has 5 heteroatoms. The lowest BCUT2D eigenvalue weighted by Gasteiger charge is -2.59. The van der Waals surface area contributed by atoms with E-state index < -0.39 is 0 Å². The van der Waals surface area contributed by atoms with Gasteiger partial charge in [-0.15, -0.1) is 0 Å². The Hall–Kier alpha value is -2.92. The molecular formula is C23H22N4O. The van der Waals surface area contributed by atoms with E-state index in [1.165, 1.54) is 34.9 Å². The van der Waals surface area contributed by atoms with Crippen molar-refractivity contribution in [1.29, 1.82) is 0 Å². The first kappa shape index (κ1) is 16.1. The summed E-state index contributed by atoms with van der Waals surface area (Å²) in [4.78, 5) is 11.0. The quantitative estimate of drug-likeness (QED) is 0.543. The van der Waals surface area contributed by atoms with Crippen molar-refractivity contribution >= 4 is 22.1 Å². The van der Waals surface area contributed by atoms with Crippen molar-refractivity contribution in [3.8, 4) is 0 Å². The molecule has 0 unspecified atom stereocenters. The van der Waals surface area contributed by atoms with Crippen molar-refractivity contribution in [1.82, 2.24) is 14.4 Å². The molecule has 1 saturated heterocycles. The zero-order valence-corrected chi connectivity index (χ0v) is 15.7. The number of anilines is 1. The van der Waals surface area contributed by atoms with Crippen LogP contribution in [0.2, 0.25) is 0 Å². The fourth-order valence-corrected chi connectivity index (χ4v) is 4.75. The highest BCUT2D eigenvalue weighted by atomic mass is 16.5. The van der Waals surface area contributed by atoms with Crippen molar-refractivity contribution in [2.75, 3.05) is 18.0 Å². The number of imidazole rings is 1. The van der Waals surface area contributed by atoms with Gasteiger partial charge in [-0.05, 0) is 54.1 Å². The molecule has 6 rings (SSSR count). The number of hydrogen-bond donors (Lipinski definition) is 0. The van der Waals surface area contributed by atoms with Gasteiger partial charge in [-0.1, -0.05) is 6.07 Å². The molecule has 1 aromatic carbocycles. The maximum absolute atomic E-state index is 6.16. The van der Waals surface area contributed by atoms with Crippen LogP contribution in [0.3, 0.4) is 0 Å². The summed E-state index contributed by atoms with van der Waals surface area (Å²) in [5.41, 5.74) is 3.96. The van der Waals surface area contributed by atoms with Crippen molar-refractivity contribution in [2.24, 2.45) is 5.41 Å². The SMILES string of the molecule is c1cc2cc(N3CC4(CC(OCc5ccn6ccnc6c5)C4)C3)ccc2cn1. The zero-order valence-electron chi connectivity index (χ0n) is 15.7. The summed E-state index contributed by atoms with van der Waals surface area (Å²) in [6.45, 7) is 2.96. The van der Waals surface area contributed by atoms with Gasteiger partial charge in [0.2, 0.25) is 0 Å². The van der Waals surface area contributed by atoms with Gasteiger partial charge in [-0.3, -0.25) is 4.98 Å². The molecule has 140 valence electrons. The molecule has 0 bridgehead atoms. The van der Waals surface area contributed by atoms with Gasteiger partial charge in [-0.25, -0.2) is 4.98 Å². The monoisotopic (exact) mass is 370 g/mol. The molecule has 3 aromatic heterocycles. The molecule has 1 saturated carbocycles. The standard InChI is InChI=1S/C23H22N4O/c1-2-20(10-18-3-5-24-13-19(1)18)27-15-23(16-27)11-21(12-23)28-14-17-4-7-26-8-6-25-22(26)9-17/h1-10,13,21H,11-12,14-16H2. The first-order valence-corrected chi connectivity index (χ1v) is 9.88. The highest BCUT2D eigenvalue weighted by molar-refractivity contribution is 5.85. The number of benzene rings is 1. The molecule has 1 spiro atoms. The minimum atomic E-state index is 0.390. The summed E-state index contributed by atoms with van der Waals surface area (Å²) in [5.74, 6) is 0. The van der Waals surface area contributed by atoms with E-state index in [0.717, 1.165) is 18.7 Å². The van der Waals surface area contributed by atoms with Gasteiger partial charge in [-0.2, -0.15) is 0 Å². The molecular weight excluding hydrogens is 348 g/mol. The molecule has 0 atom stereocenters. The Morgan fingerprint density at radius 3 is 2.86 bits per heavy atom. The van der Waals surface area contributed by atoms with Gasteiger partial charge < -0.3 is 14.0 Å². The number of fused-ring (bicyclic) bond motifs is 2. The number of aromatic nitrogens is 3. The van der Waals surface area contributed by atoms with Gasteiger partial charge in [0.1, 0.15) is 5.65 Å². The van der Waals surface area contributed by atoms with E-state index in [1.807, 2.05) is 35.4 Å². The molecule has 2 aliphatic rings. The van der Waals surface area contributed by atoms with Crippen LogP contribution < -0.4 is 4.90 Å². The van der Waals surface area contributed by atoms with Crippen molar-refractivity contribution in [2.45, 2.75) is 25.6 Å². The predicted octanol–water partition coefficient (Wildman–Crippen LogP) is 4.07.